The van der Waals surface area contributed by atoms with Gasteiger partial charge in [-0.25, -0.2) is 4.98 Å². The molecule has 0 aliphatic rings. The number of pyridine rings is 1. The third-order valence-electron chi connectivity index (χ3n) is 12.8. The van der Waals surface area contributed by atoms with E-state index in [0.29, 0.717) is 39.4 Å². The minimum atomic E-state index is -2.46. The molecule has 0 saturated heterocycles. The fourth-order valence-corrected chi connectivity index (χ4v) is 9.10. The number of aromatic hydroxyl groups is 1. The van der Waals surface area contributed by atoms with Crippen LogP contribution in [0.15, 0.2) is 188 Å². The third-order valence-corrected chi connectivity index (χ3v) is 12.8. The minimum absolute atomic E-state index is 0. The molecule has 8 aromatic carbocycles. The topological polar surface area (TPSA) is 50.9 Å². The molecule has 4 nitrogen and oxygen atoms in total. The second-order valence-corrected chi connectivity index (χ2v) is 19.6. The zero-order chi connectivity index (χ0) is 52.3. The number of benzene rings is 8. The standard InChI is InChI=1S/C64H56N3O.Pt/c1-41-27-29-44(30-28-41)47-31-32-65-57(37-47)50-35-48(43-19-12-9-13-20-43)34-49(36-50)52-25-18-26-58-60(52)66-62(55-38-51(63(3,4)5)39-56(61(55)68)64(6,7)8)67(58)59-40-53(45-21-14-10-15-22-45)42(2)33-54(59)46-23-16-11-17-24-46;/h9-35,37-40,68H,1-8H3;/q-1;/i1D3,2D3;. The van der Waals surface area contributed by atoms with Gasteiger partial charge in [0, 0.05) is 52.3 Å². The van der Waals surface area contributed by atoms with Crippen LogP contribution >= 0.6 is 0 Å². The van der Waals surface area contributed by atoms with E-state index in [-0.39, 0.29) is 43.4 Å². The molecule has 0 atom stereocenters. The Morgan fingerprint density at radius 3 is 1.80 bits per heavy atom. The number of para-hydroxylation sites is 1. The minimum Gasteiger partial charge on any atom is -0.507 e. The van der Waals surface area contributed by atoms with Gasteiger partial charge in [0.25, 0.3) is 0 Å². The Morgan fingerprint density at radius 1 is 0.522 bits per heavy atom. The van der Waals surface area contributed by atoms with Crippen molar-refractivity contribution in [3.63, 3.8) is 0 Å². The van der Waals surface area contributed by atoms with Gasteiger partial charge in [-0.15, -0.1) is 23.8 Å². The number of nitrogens with zero attached hydrogens (tertiary/aromatic N) is 3. The van der Waals surface area contributed by atoms with Crippen molar-refractivity contribution in [2.24, 2.45) is 0 Å². The second kappa shape index (κ2) is 18.7. The molecule has 10 rings (SSSR count). The number of rotatable bonds is 8. The van der Waals surface area contributed by atoms with Crippen molar-refractivity contribution in [1.29, 1.82) is 0 Å². The maximum atomic E-state index is 12.7. The van der Waals surface area contributed by atoms with Crippen LogP contribution in [-0.2, 0) is 31.9 Å². The number of aromatic nitrogens is 3. The Morgan fingerprint density at radius 2 is 1.16 bits per heavy atom. The third kappa shape index (κ3) is 9.27. The number of aryl methyl sites for hydroxylation is 2. The zero-order valence-corrected chi connectivity index (χ0v) is 41.8. The predicted molar refractivity (Wildman–Crippen MR) is 284 cm³/mol. The second-order valence-electron chi connectivity index (χ2n) is 19.6. The van der Waals surface area contributed by atoms with Crippen molar-refractivity contribution in [3.05, 3.63) is 217 Å². The Hall–Kier alpha value is -7.13. The van der Waals surface area contributed by atoms with Crippen LogP contribution in [0.3, 0.4) is 0 Å². The first-order valence-corrected chi connectivity index (χ1v) is 23.0. The molecule has 2 heterocycles. The number of phenolic OH excluding ortho intramolecular Hbond substituents is 1. The van der Waals surface area contributed by atoms with Crippen molar-refractivity contribution < 1.29 is 34.4 Å². The molecule has 0 fully saturated rings. The molecule has 0 bridgehead atoms. The molecule has 0 unspecified atom stereocenters. The van der Waals surface area contributed by atoms with Crippen LogP contribution in [0, 0.1) is 19.8 Å². The van der Waals surface area contributed by atoms with Crippen LogP contribution < -0.4 is 0 Å². The summed E-state index contributed by atoms with van der Waals surface area (Å²) in [5, 5.41) is 12.7. The molecule has 69 heavy (non-hydrogen) atoms. The summed E-state index contributed by atoms with van der Waals surface area (Å²) in [6.45, 7) is 8.11. The van der Waals surface area contributed by atoms with Crippen molar-refractivity contribution in [1.82, 2.24) is 14.5 Å². The number of fused-ring (bicyclic) bond motifs is 1. The van der Waals surface area contributed by atoms with Crippen molar-refractivity contribution in [3.8, 4) is 89.7 Å². The van der Waals surface area contributed by atoms with Crippen LogP contribution in [0.2, 0.25) is 0 Å². The Kier molecular flexibility index (Phi) is 10.8. The summed E-state index contributed by atoms with van der Waals surface area (Å²) in [7, 11) is 0. The quantitative estimate of drug-likeness (QED) is 0.154. The van der Waals surface area contributed by atoms with Gasteiger partial charge < -0.3 is 5.11 Å². The molecule has 0 radical (unpaired) electrons. The van der Waals surface area contributed by atoms with Gasteiger partial charge >= 0.3 is 0 Å². The maximum absolute atomic E-state index is 12.7. The first kappa shape index (κ1) is 39.8. The first-order valence-electron chi connectivity index (χ1n) is 26.0. The molecule has 2 aromatic heterocycles. The SMILES string of the molecule is [2H]C([2H])([2H])c1ccc(-c2ccnc(-c3[c-]c(-c4cccc5c4nc(-c4cc(C(C)(C)C)cc(C(C)(C)C)c4O)n5-c4cc(-c5ccccc5)c(C([2H])([2H])[2H])cc4-c4ccccc4)cc(-c4ccccc4)c3)c2)cc1.[Pt]. The molecule has 0 aliphatic heterocycles. The van der Waals surface area contributed by atoms with Gasteiger partial charge in [0.1, 0.15) is 11.6 Å². The van der Waals surface area contributed by atoms with Gasteiger partial charge in [0.05, 0.1) is 22.3 Å². The Labute approximate surface area is 430 Å². The summed E-state index contributed by atoms with van der Waals surface area (Å²) in [4.78, 5) is 10.5. The number of hydrogen-bond acceptors (Lipinski definition) is 3. The van der Waals surface area contributed by atoms with Crippen LogP contribution in [-0.4, -0.2) is 19.6 Å². The summed E-state index contributed by atoms with van der Waals surface area (Å²) >= 11 is 0. The molecular formula is C64H56N3OPt-. The molecule has 0 amide bonds. The van der Waals surface area contributed by atoms with Crippen LogP contribution in [0.1, 0.15) is 72.0 Å². The monoisotopic (exact) mass is 1080 g/mol. The fourth-order valence-electron chi connectivity index (χ4n) is 9.10. The van der Waals surface area contributed by atoms with Crippen molar-refractivity contribution in [2.75, 3.05) is 0 Å². The van der Waals surface area contributed by atoms with Gasteiger partial charge in [0.15, 0.2) is 0 Å². The van der Waals surface area contributed by atoms with E-state index in [1.54, 1.807) is 24.4 Å². The number of hydrogen-bond donors (Lipinski definition) is 1. The van der Waals surface area contributed by atoms with E-state index in [2.05, 4.69) is 88.6 Å². The summed E-state index contributed by atoms with van der Waals surface area (Å²) in [5.41, 5.74) is 13.6. The normalized spacial score (nSPS) is 13.4. The molecule has 0 aliphatic carbocycles. The largest absolute Gasteiger partial charge is 0.507 e. The summed E-state index contributed by atoms with van der Waals surface area (Å²) in [6, 6.07) is 62.4. The van der Waals surface area contributed by atoms with Crippen molar-refractivity contribution >= 4 is 11.0 Å². The van der Waals surface area contributed by atoms with Crippen LogP contribution in [0.4, 0.5) is 0 Å². The predicted octanol–water partition coefficient (Wildman–Crippen LogP) is 16.8. The van der Waals surface area contributed by atoms with Gasteiger partial charge in [-0.3, -0.25) is 9.55 Å². The summed E-state index contributed by atoms with van der Waals surface area (Å²) < 4.78 is 52.4. The molecule has 10 aromatic rings. The number of imidazole rings is 1. The van der Waals surface area contributed by atoms with E-state index in [0.717, 1.165) is 66.7 Å². The molecule has 344 valence electrons. The molecule has 0 spiro atoms. The summed E-state index contributed by atoms with van der Waals surface area (Å²) in [6.07, 6.45) is 1.76. The molecular weight excluding hydrogens is 1020 g/mol. The van der Waals surface area contributed by atoms with Gasteiger partial charge in [-0.05, 0) is 99.4 Å². The molecule has 1 N–H and O–H groups in total. The Balaban J connectivity index is 0.00000689. The zero-order valence-electron chi connectivity index (χ0n) is 45.5. The average Bonchev–Trinajstić information content (AvgIpc) is 3.78. The molecule has 0 saturated carbocycles. The van der Waals surface area contributed by atoms with E-state index in [1.165, 1.54) is 0 Å². The van der Waals surface area contributed by atoms with Crippen LogP contribution in [0.25, 0.3) is 95.0 Å². The summed E-state index contributed by atoms with van der Waals surface area (Å²) in [5.74, 6) is 0.601. The smallest absolute Gasteiger partial charge is 0.148 e. The fraction of sp³-hybridized carbons (Fsp3) is 0.156. The first-order chi connectivity index (χ1) is 35.1. The molecule has 5 heteroatoms. The van der Waals surface area contributed by atoms with E-state index >= 15 is 0 Å². The van der Waals surface area contributed by atoms with E-state index in [9.17, 15) is 5.11 Å². The van der Waals surface area contributed by atoms with E-state index in [4.69, 9.17) is 18.2 Å². The average molecular weight is 1080 g/mol. The van der Waals surface area contributed by atoms with Gasteiger partial charge in [-0.2, -0.15) is 0 Å². The Bertz CT molecular complexity index is 3710. The number of phenols is 1. The maximum Gasteiger partial charge on any atom is 0.148 e. The van der Waals surface area contributed by atoms with E-state index < -0.39 is 19.1 Å². The van der Waals surface area contributed by atoms with Gasteiger partial charge in [0.2, 0.25) is 0 Å². The van der Waals surface area contributed by atoms with Gasteiger partial charge in [-0.1, -0.05) is 203 Å². The van der Waals surface area contributed by atoms with E-state index in [1.807, 2.05) is 127 Å². The van der Waals surface area contributed by atoms with Crippen molar-refractivity contribution in [2.45, 2.75) is 66.1 Å². The van der Waals surface area contributed by atoms with Crippen LogP contribution in [0.5, 0.6) is 5.75 Å².